The monoisotopic (exact) mass is 280 g/mol. The fraction of sp³-hybridized carbons (Fsp3) is 0.533. The largest absolute Gasteiger partial charge is 0.493 e. The quantitative estimate of drug-likeness (QED) is 0.838. The molecule has 0 aliphatic heterocycles. The summed E-state index contributed by atoms with van der Waals surface area (Å²) in [5, 5.41) is 2.92. The summed E-state index contributed by atoms with van der Waals surface area (Å²) in [4.78, 5) is 12.3. The van der Waals surface area contributed by atoms with Crippen molar-refractivity contribution in [2.75, 3.05) is 26.1 Å². The molecule has 0 heterocycles. The van der Waals surface area contributed by atoms with Gasteiger partial charge in [0.2, 0.25) is 5.91 Å². The van der Waals surface area contributed by atoms with Crippen LogP contribution in [0.15, 0.2) is 12.1 Å². The second-order valence-corrected chi connectivity index (χ2v) is 5.09. The zero-order chi connectivity index (χ0) is 15.3. The Hall–Kier alpha value is -1.75. The number of carbonyl (C=O) groups is 1. The number of rotatable bonds is 6. The van der Waals surface area contributed by atoms with Crippen molar-refractivity contribution in [3.63, 3.8) is 0 Å². The van der Waals surface area contributed by atoms with Crippen LogP contribution in [0, 0.1) is 12.3 Å². The summed E-state index contributed by atoms with van der Waals surface area (Å²) in [6, 6.07) is 3.60. The number of nitrogens with two attached hydrogens (primary N) is 1. The van der Waals surface area contributed by atoms with Crippen molar-refractivity contribution < 1.29 is 14.3 Å². The van der Waals surface area contributed by atoms with E-state index in [4.69, 9.17) is 15.2 Å². The first-order valence-electron chi connectivity index (χ1n) is 6.66. The third-order valence-electron chi connectivity index (χ3n) is 3.76. The summed E-state index contributed by atoms with van der Waals surface area (Å²) in [5.74, 6) is 1.14. The van der Waals surface area contributed by atoms with E-state index in [9.17, 15) is 4.79 Å². The standard InChI is InChI=1S/C15H24N2O3/c1-6-15(3,9-16)14(18)17-11-8-13(20-5)12(19-4)7-10(11)2/h7-8H,6,9,16H2,1-5H3,(H,17,18). The normalized spacial score (nSPS) is 13.5. The van der Waals surface area contributed by atoms with Crippen molar-refractivity contribution in [1.29, 1.82) is 0 Å². The highest BCUT2D eigenvalue weighted by Gasteiger charge is 2.30. The molecule has 1 aromatic rings. The van der Waals surface area contributed by atoms with E-state index in [-0.39, 0.29) is 5.91 Å². The SMILES string of the molecule is CCC(C)(CN)C(=O)Nc1cc(OC)c(OC)cc1C. The number of nitrogens with one attached hydrogen (secondary N) is 1. The van der Waals surface area contributed by atoms with E-state index in [0.29, 0.717) is 30.2 Å². The van der Waals surface area contributed by atoms with Crippen molar-refractivity contribution in [1.82, 2.24) is 0 Å². The van der Waals surface area contributed by atoms with E-state index >= 15 is 0 Å². The van der Waals surface area contributed by atoms with E-state index in [1.54, 1.807) is 20.3 Å². The molecule has 0 fully saturated rings. The molecule has 0 radical (unpaired) electrons. The number of benzene rings is 1. The molecule has 1 unspecified atom stereocenters. The first-order chi connectivity index (χ1) is 9.41. The second kappa shape index (κ2) is 6.61. The Morgan fingerprint density at radius 3 is 2.30 bits per heavy atom. The van der Waals surface area contributed by atoms with Gasteiger partial charge in [-0.3, -0.25) is 4.79 Å². The number of amides is 1. The van der Waals surface area contributed by atoms with Crippen LogP contribution in [-0.2, 0) is 4.79 Å². The van der Waals surface area contributed by atoms with Crippen molar-refractivity contribution >= 4 is 11.6 Å². The molecule has 1 aromatic carbocycles. The maximum Gasteiger partial charge on any atom is 0.231 e. The predicted octanol–water partition coefficient (Wildman–Crippen LogP) is 2.33. The van der Waals surface area contributed by atoms with E-state index < -0.39 is 5.41 Å². The summed E-state index contributed by atoms with van der Waals surface area (Å²) >= 11 is 0. The van der Waals surface area contributed by atoms with Gasteiger partial charge in [0.15, 0.2) is 11.5 Å². The minimum absolute atomic E-state index is 0.0854. The van der Waals surface area contributed by atoms with E-state index in [0.717, 1.165) is 5.56 Å². The molecule has 0 saturated carbocycles. The van der Waals surface area contributed by atoms with Crippen LogP contribution in [0.25, 0.3) is 0 Å². The minimum Gasteiger partial charge on any atom is -0.493 e. The highest BCUT2D eigenvalue weighted by Crippen LogP contribution is 2.33. The van der Waals surface area contributed by atoms with Crippen LogP contribution in [-0.4, -0.2) is 26.7 Å². The van der Waals surface area contributed by atoms with Gasteiger partial charge in [-0.2, -0.15) is 0 Å². The van der Waals surface area contributed by atoms with Crippen LogP contribution in [0.2, 0.25) is 0 Å². The summed E-state index contributed by atoms with van der Waals surface area (Å²) < 4.78 is 10.5. The van der Waals surface area contributed by atoms with Crippen molar-refractivity contribution in [3.05, 3.63) is 17.7 Å². The molecular weight excluding hydrogens is 256 g/mol. The average molecular weight is 280 g/mol. The number of hydrogen-bond donors (Lipinski definition) is 2. The highest BCUT2D eigenvalue weighted by molar-refractivity contribution is 5.96. The molecule has 0 bridgehead atoms. The van der Waals surface area contributed by atoms with Gasteiger partial charge in [0.25, 0.3) is 0 Å². The minimum atomic E-state index is -0.570. The molecule has 0 spiro atoms. The van der Waals surface area contributed by atoms with Crippen LogP contribution in [0.5, 0.6) is 11.5 Å². The number of hydrogen-bond acceptors (Lipinski definition) is 4. The number of ether oxygens (including phenoxy) is 2. The van der Waals surface area contributed by atoms with Crippen LogP contribution in [0.1, 0.15) is 25.8 Å². The fourth-order valence-electron chi connectivity index (χ4n) is 1.79. The molecule has 1 rings (SSSR count). The van der Waals surface area contributed by atoms with Crippen LogP contribution >= 0.6 is 0 Å². The average Bonchev–Trinajstić information content (AvgIpc) is 2.47. The lowest BCUT2D eigenvalue weighted by atomic mass is 9.86. The number of carbonyl (C=O) groups excluding carboxylic acids is 1. The van der Waals surface area contributed by atoms with Crippen molar-refractivity contribution in [3.8, 4) is 11.5 Å². The number of methoxy groups -OCH3 is 2. The Labute approximate surface area is 120 Å². The third kappa shape index (κ3) is 3.22. The summed E-state index contributed by atoms with van der Waals surface area (Å²) in [7, 11) is 3.15. The lowest BCUT2D eigenvalue weighted by Gasteiger charge is -2.25. The zero-order valence-corrected chi connectivity index (χ0v) is 12.9. The molecule has 1 amide bonds. The maximum absolute atomic E-state index is 12.3. The topological polar surface area (TPSA) is 73.6 Å². The molecule has 0 saturated heterocycles. The molecule has 5 nitrogen and oxygen atoms in total. The highest BCUT2D eigenvalue weighted by atomic mass is 16.5. The Balaban J connectivity index is 3.07. The van der Waals surface area contributed by atoms with Crippen molar-refractivity contribution in [2.24, 2.45) is 11.1 Å². The zero-order valence-electron chi connectivity index (χ0n) is 12.9. The second-order valence-electron chi connectivity index (χ2n) is 5.09. The molecule has 3 N–H and O–H groups in total. The summed E-state index contributed by atoms with van der Waals surface area (Å²) in [6.45, 7) is 6.03. The fourth-order valence-corrected chi connectivity index (χ4v) is 1.79. The van der Waals surface area contributed by atoms with Crippen LogP contribution < -0.4 is 20.5 Å². The Morgan fingerprint density at radius 2 is 1.85 bits per heavy atom. The first kappa shape index (κ1) is 16.3. The molecular formula is C15H24N2O3. The number of anilines is 1. The van der Waals surface area contributed by atoms with Gasteiger partial charge in [-0.1, -0.05) is 6.92 Å². The van der Waals surface area contributed by atoms with E-state index in [1.807, 2.05) is 26.8 Å². The van der Waals surface area contributed by atoms with Gasteiger partial charge in [-0.25, -0.2) is 0 Å². The molecule has 1 atom stereocenters. The van der Waals surface area contributed by atoms with Gasteiger partial charge in [0.05, 0.1) is 19.6 Å². The summed E-state index contributed by atoms with van der Waals surface area (Å²) in [6.07, 6.45) is 0.682. The molecule has 112 valence electrons. The van der Waals surface area contributed by atoms with Gasteiger partial charge >= 0.3 is 0 Å². The van der Waals surface area contributed by atoms with E-state index in [2.05, 4.69) is 5.32 Å². The first-order valence-corrected chi connectivity index (χ1v) is 6.66. The van der Waals surface area contributed by atoms with Gasteiger partial charge < -0.3 is 20.5 Å². The lowest BCUT2D eigenvalue weighted by molar-refractivity contribution is -0.124. The molecule has 20 heavy (non-hydrogen) atoms. The van der Waals surface area contributed by atoms with Gasteiger partial charge in [-0.15, -0.1) is 0 Å². The van der Waals surface area contributed by atoms with Gasteiger partial charge in [0, 0.05) is 18.3 Å². The molecule has 0 aromatic heterocycles. The lowest BCUT2D eigenvalue weighted by Crippen LogP contribution is -2.39. The Morgan fingerprint density at radius 1 is 1.30 bits per heavy atom. The van der Waals surface area contributed by atoms with Gasteiger partial charge in [0.1, 0.15) is 0 Å². The van der Waals surface area contributed by atoms with Crippen LogP contribution in [0.3, 0.4) is 0 Å². The molecule has 5 heteroatoms. The van der Waals surface area contributed by atoms with Crippen LogP contribution in [0.4, 0.5) is 5.69 Å². The third-order valence-corrected chi connectivity index (χ3v) is 3.76. The molecule has 0 aliphatic rings. The molecule has 0 aliphatic carbocycles. The Bertz CT molecular complexity index is 482. The van der Waals surface area contributed by atoms with Gasteiger partial charge in [-0.05, 0) is 31.9 Å². The van der Waals surface area contributed by atoms with Crippen molar-refractivity contribution in [2.45, 2.75) is 27.2 Å². The smallest absolute Gasteiger partial charge is 0.231 e. The maximum atomic E-state index is 12.3. The van der Waals surface area contributed by atoms with E-state index in [1.165, 1.54) is 0 Å². The Kier molecular flexibility index (Phi) is 5.39. The summed E-state index contributed by atoms with van der Waals surface area (Å²) in [5.41, 5.74) is 6.75. The predicted molar refractivity (Wildman–Crippen MR) is 80.4 cm³/mol. The number of aryl methyl sites for hydroxylation is 1.